The number of thiophene rings is 1. The molecule has 11 heteroatoms. The van der Waals surface area contributed by atoms with Gasteiger partial charge >= 0.3 is 0 Å². The first-order chi connectivity index (χ1) is 15.0. The Labute approximate surface area is 191 Å². The number of rotatable bonds is 6. The molecule has 31 heavy (non-hydrogen) atoms. The summed E-state index contributed by atoms with van der Waals surface area (Å²) in [6.07, 6.45) is 1.68. The zero-order chi connectivity index (χ0) is 22.0. The van der Waals surface area contributed by atoms with Crippen molar-refractivity contribution in [3.8, 4) is 0 Å². The van der Waals surface area contributed by atoms with Crippen LogP contribution in [0.25, 0.3) is 10.1 Å². The quantitative estimate of drug-likeness (QED) is 0.563. The maximum Gasteiger partial charge on any atom is 0.282 e. The van der Waals surface area contributed by atoms with Gasteiger partial charge in [0, 0.05) is 60.3 Å². The number of hydrogen-bond donors (Lipinski definition) is 2. The molecule has 4 rings (SSSR count). The van der Waals surface area contributed by atoms with E-state index in [1.165, 1.54) is 34.8 Å². The number of aliphatic hydroxyl groups excluding tert-OH is 1. The summed E-state index contributed by atoms with van der Waals surface area (Å²) in [7, 11) is 0. The van der Waals surface area contributed by atoms with Gasteiger partial charge in [-0.25, -0.2) is 9.37 Å². The van der Waals surface area contributed by atoms with E-state index in [1.54, 1.807) is 22.5 Å². The summed E-state index contributed by atoms with van der Waals surface area (Å²) in [5, 5.41) is 16.4. The van der Waals surface area contributed by atoms with Crippen LogP contribution in [-0.2, 0) is 4.79 Å². The van der Waals surface area contributed by atoms with Gasteiger partial charge in [-0.1, -0.05) is 11.6 Å². The number of thiazole rings is 1. The molecule has 7 nitrogen and oxygen atoms in total. The van der Waals surface area contributed by atoms with E-state index in [1.807, 2.05) is 4.90 Å². The highest BCUT2D eigenvalue weighted by atomic mass is 35.5. The topological polar surface area (TPSA) is 85.8 Å². The highest BCUT2D eigenvalue weighted by Gasteiger charge is 2.28. The molecule has 3 heterocycles. The Balaban J connectivity index is 1.34. The second-order valence-corrected chi connectivity index (χ2v) is 9.46. The molecule has 0 aliphatic carbocycles. The second-order valence-electron chi connectivity index (χ2n) is 7.14. The maximum atomic E-state index is 13.4. The number of nitrogens with one attached hydrogen (secondary N) is 1. The Morgan fingerprint density at radius 1 is 1.29 bits per heavy atom. The number of benzene rings is 1. The van der Waals surface area contributed by atoms with E-state index in [9.17, 15) is 19.1 Å². The summed E-state index contributed by atoms with van der Waals surface area (Å²) in [6, 6.07) is 3.92. The zero-order valence-electron chi connectivity index (χ0n) is 16.4. The van der Waals surface area contributed by atoms with Gasteiger partial charge in [-0.3, -0.25) is 14.5 Å². The van der Waals surface area contributed by atoms with Crippen LogP contribution in [-0.4, -0.2) is 70.5 Å². The van der Waals surface area contributed by atoms with Crippen LogP contribution in [0.2, 0.25) is 5.02 Å². The highest BCUT2D eigenvalue weighted by Crippen LogP contribution is 2.39. The van der Waals surface area contributed by atoms with Gasteiger partial charge in [0.25, 0.3) is 5.91 Å². The van der Waals surface area contributed by atoms with Gasteiger partial charge in [-0.05, 0) is 18.2 Å². The van der Waals surface area contributed by atoms with Crippen LogP contribution in [0.1, 0.15) is 16.2 Å². The van der Waals surface area contributed by atoms with Crippen molar-refractivity contribution >= 4 is 61.2 Å². The first-order valence-electron chi connectivity index (χ1n) is 9.67. The Hall–Kier alpha value is -2.11. The molecule has 2 amide bonds. The molecule has 0 radical (unpaired) electrons. The molecule has 0 saturated carbocycles. The first kappa shape index (κ1) is 22.1. The summed E-state index contributed by atoms with van der Waals surface area (Å²) >= 11 is 8.85. The molecule has 1 unspecified atom stereocenters. The van der Waals surface area contributed by atoms with Crippen LogP contribution >= 0.6 is 34.3 Å². The van der Waals surface area contributed by atoms with Gasteiger partial charge in [0.15, 0.2) is 5.01 Å². The van der Waals surface area contributed by atoms with Gasteiger partial charge < -0.3 is 15.3 Å². The summed E-state index contributed by atoms with van der Waals surface area (Å²) in [6.45, 7) is 1.94. The average molecular weight is 483 g/mol. The third kappa shape index (κ3) is 4.88. The molecule has 164 valence electrons. The van der Waals surface area contributed by atoms with Gasteiger partial charge in [-0.2, -0.15) is 0 Å². The molecule has 1 fully saturated rings. The summed E-state index contributed by atoms with van der Waals surface area (Å²) < 4.78 is 14.1. The smallest absolute Gasteiger partial charge is 0.282 e. The minimum atomic E-state index is -0.372. The molecule has 1 aliphatic heterocycles. The number of carbonyl (C=O) groups is 2. The summed E-state index contributed by atoms with van der Waals surface area (Å²) in [4.78, 5) is 32.8. The van der Waals surface area contributed by atoms with E-state index in [0.29, 0.717) is 51.3 Å². The van der Waals surface area contributed by atoms with Crippen molar-refractivity contribution in [3.05, 3.63) is 45.6 Å². The number of aliphatic hydroxyl groups is 1. The number of carbonyl (C=O) groups excluding carboxylic acids is 2. The fraction of sp³-hybridized carbons (Fsp3) is 0.350. The lowest BCUT2D eigenvalue weighted by Gasteiger charge is -2.38. The Kier molecular flexibility index (Phi) is 6.83. The number of amides is 2. The Bertz CT molecular complexity index is 1080. The normalized spacial score (nSPS) is 15.9. The Morgan fingerprint density at radius 2 is 2.06 bits per heavy atom. The molecule has 1 aliphatic rings. The largest absolute Gasteiger partial charge is 0.395 e. The fourth-order valence-corrected chi connectivity index (χ4v) is 5.60. The standard InChI is InChI=1S/C20H20ClFN4O3S2/c21-17-14-2-1-12(22)9-15(14)31-18(17)24-16(28)10-13(11-27)25-4-6-26(7-5-25)20(29)19-23-3-8-30-19/h1-3,8-9,13,27H,4-7,10-11H2,(H,24,28). The summed E-state index contributed by atoms with van der Waals surface area (Å²) in [5.74, 6) is -0.742. The van der Waals surface area contributed by atoms with E-state index < -0.39 is 0 Å². The predicted octanol–water partition coefficient (Wildman–Crippen LogP) is 3.30. The predicted molar refractivity (Wildman–Crippen MR) is 121 cm³/mol. The van der Waals surface area contributed by atoms with E-state index in [0.717, 1.165) is 0 Å². The van der Waals surface area contributed by atoms with Gasteiger partial charge in [0.1, 0.15) is 10.8 Å². The third-order valence-electron chi connectivity index (χ3n) is 5.21. The van der Waals surface area contributed by atoms with Crippen LogP contribution in [0.5, 0.6) is 0 Å². The lowest BCUT2D eigenvalue weighted by Crippen LogP contribution is -2.53. The van der Waals surface area contributed by atoms with Crippen LogP contribution in [0.3, 0.4) is 0 Å². The Morgan fingerprint density at radius 3 is 2.74 bits per heavy atom. The number of halogens is 2. The fourth-order valence-electron chi connectivity index (χ4n) is 3.57. The number of aromatic nitrogens is 1. The van der Waals surface area contributed by atoms with Crippen molar-refractivity contribution in [2.45, 2.75) is 12.5 Å². The van der Waals surface area contributed by atoms with Crippen LogP contribution < -0.4 is 5.32 Å². The molecule has 2 N–H and O–H groups in total. The zero-order valence-corrected chi connectivity index (χ0v) is 18.8. The lowest BCUT2D eigenvalue weighted by molar-refractivity contribution is -0.118. The highest BCUT2D eigenvalue weighted by molar-refractivity contribution is 7.23. The van der Waals surface area contributed by atoms with Crippen molar-refractivity contribution in [2.24, 2.45) is 0 Å². The van der Waals surface area contributed by atoms with Crippen LogP contribution in [0.4, 0.5) is 9.39 Å². The van der Waals surface area contributed by atoms with Crippen molar-refractivity contribution < 1.29 is 19.1 Å². The van der Waals surface area contributed by atoms with E-state index >= 15 is 0 Å². The number of hydrogen-bond acceptors (Lipinski definition) is 7. The molecule has 0 spiro atoms. The molecule has 0 bridgehead atoms. The lowest BCUT2D eigenvalue weighted by atomic mass is 10.1. The molecule has 1 atom stereocenters. The molecule has 3 aromatic rings. The molecule has 1 aromatic carbocycles. The van der Waals surface area contributed by atoms with Crippen LogP contribution in [0, 0.1) is 5.82 Å². The number of nitrogens with zero attached hydrogens (tertiary/aromatic N) is 3. The van der Waals surface area contributed by atoms with Crippen molar-refractivity contribution in [1.82, 2.24) is 14.8 Å². The monoisotopic (exact) mass is 482 g/mol. The summed E-state index contributed by atoms with van der Waals surface area (Å²) in [5.41, 5.74) is 0. The van der Waals surface area contributed by atoms with Crippen LogP contribution in [0.15, 0.2) is 29.8 Å². The van der Waals surface area contributed by atoms with Gasteiger partial charge in [0.05, 0.1) is 11.6 Å². The first-order valence-corrected chi connectivity index (χ1v) is 11.7. The third-order valence-corrected chi connectivity index (χ3v) is 7.54. The van der Waals surface area contributed by atoms with E-state index in [4.69, 9.17) is 11.6 Å². The van der Waals surface area contributed by atoms with Crippen molar-refractivity contribution in [3.63, 3.8) is 0 Å². The van der Waals surface area contributed by atoms with Gasteiger partial charge in [0.2, 0.25) is 5.91 Å². The molecular weight excluding hydrogens is 463 g/mol. The van der Waals surface area contributed by atoms with E-state index in [-0.39, 0.29) is 36.7 Å². The minimum absolute atomic E-state index is 0.0792. The average Bonchev–Trinajstić information content (AvgIpc) is 3.40. The molecule has 1 saturated heterocycles. The molecular formula is C20H20ClFN4O3S2. The number of fused-ring (bicyclic) bond motifs is 1. The minimum Gasteiger partial charge on any atom is -0.395 e. The van der Waals surface area contributed by atoms with Gasteiger partial charge in [-0.15, -0.1) is 22.7 Å². The number of anilines is 1. The number of piperazine rings is 1. The van der Waals surface area contributed by atoms with E-state index in [2.05, 4.69) is 10.3 Å². The second kappa shape index (κ2) is 9.58. The maximum absolute atomic E-state index is 13.4. The van der Waals surface area contributed by atoms with Crippen molar-refractivity contribution in [2.75, 3.05) is 38.1 Å². The SMILES string of the molecule is O=C(CC(CO)N1CCN(C(=O)c2nccs2)CC1)Nc1sc2cc(F)ccc2c1Cl. The van der Waals surface area contributed by atoms with Crippen molar-refractivity contribution in [1.29, 1.82) is 0 Å². The molecule has 2 aromatic heterocycles.